The fraction of sp³-hybridized carbons (Fsp3) is 0.355. The number of hydrogen-bond acceptors (Lipinski definition) is 6. The molecule has 1 amide bonds. The van der Waals surface area contributed by atoms with Crippen LogP contribution in [0.25, 0.3) is 0 Å². The number of amides is 1. The molecule has 3 rings (SSSR count). The van der Waals surface area contributed by atoms with Crippen LogP contribution in [-0.4, -0.2) is 61.1 Å². The van der Waals surface area contributed by atoms with Crippen LogP contribution >= 0.6 is 23.2 Å². The van der Waals surface area contributed by atoms with Crippen molar-refractivity contribution in [1.29, 1.82) is 0 Å². The average molecular weight is 605 g/mol. The molecule has 0 aliphatic rings. The molecule has 3 aromatic rings. The molecular weight excluding hydrogens is 569 g/mol. The number of halogens is 2. The van der Waals surface area contributed by atoms with E-state index in [4.69, 9.17) is 42.1 Å². The molecule has 0 heterocycles. The van der Waals surface area contributed by atoms with E-state index >= 15 is 0 Å². The molecule has 0 aliphatic heterocycles. The maximum Gasteiger partial charge on any atom is 0.410 e. The minimum absolute atomic E-state index is 0.177. The standard InChI is InChI=1S/C31H35Cl2NO7/c1-2-38-29(30(35)36)18-23-10-12-27(13-11-23)40-17-15-34(31(37)41-22-24-8-4-3-5-9-24)14-6-7-16-39-28-20-25(32)19-26(33)21-28/h3-5,8-13,19-21,29H,2,6-7,14-18,22H2,1H3,(H,35,36). The van der Waals surface area contributed by atoms with Crippen molar-refractivity contribution in [3.8, 4) is 11.5 Å². The largest absolute Gasteiger partial charge is 0.493 e. The van der Waals surface area contributed by atoms with Gasteiger partial charge in [-0.05, 0) is 61.2 Å². The molecule has 1 N–H and O–H groups in total. The highest BCUT2D eigenvalue weighted by Gasteiger charge is 2.18. The van der Waals surface area contributed by atoms with Gasteiger partial charge >= 0.3 is 12.1 Å². The van der Waals surface area contributed by atoms with Gasteiger partial charge in [-0.3, -0.25) is 0 Å². The molecule has 0 radical (unpaired) electrons. The second-order valence-corrected chi connectivity index (χ2v) is 10.0. The smallest absolute Gasteiger partial charge is 0.410 e. The highest BCUT2D eigenvalue weighted by Crippen LogP contribution is 2.24. The lowest BCUT2D eigenvalue weighted by atomic mass is 10.1. The van der Waals surface area contributed by atoms with Crippen molar-refractivity contribution >= 4 is 35.3 Å². The molecule has 41 heavy (non-hydrogen) atoms. The number of nitrogens with zero attached hydrogens (tertiary/aromatic N) is 1. The van der Waals surface area contributed by atoms with Crippen LogP contribution in [0.2, 0.25) is 10.0 Å². The second kappa shape index (κ2) is 17.4. The zero-order chi connectivity index (χ0) is 29.5. The molecule has 0 aromatic heterocycles. The van der Waals surface area contributed by atoms with E-state index < -0.39 is 18.2 Å². The van der Waals surface area contributed by atoms with E-state index in [1.165, 1.54) is 0 Å². The van der Waals surface area contributed by atoms with Crippen LogP contribution in [0.3, 0.4) is 0 Å². The summed E-state index contributed by atoms with van der Waals surface area (Å²) in [4.78, 5) is 25.9. The van der Waals surface area contributed by atoms with Crippen molar-refractivity contribution in [2.45, 2.75) is 38.9 Å². The fourth-order valence-corrected chi connectivity index (χ4v) is 4.45. The van der Waals surface area contributed by atoms with Crippen LogP contribution in [0.4, 0.5) is 4.79 Å². The lowest BCUT2D eigenvalue weighted by Gasteiger charge is -2.22. The van der Waals surface area contributed by atoms with Crippen molar-refractivity contribution in [3.05, 3.63) is 94.0 Å². The lowest BCUT2D eigenvalue weighted by molar-refractivity contribution is -0.149. The number of carboxylic acids is 1. The van der Waals surface area contributed by atoms with Gasteiger partial charge in [0.1, 0.15) is 24.7 Å². The Morgan fingerprint density at radius 2 is 1.51 bits per heavy atom. The van der Waals surface area contributed by atoms with Crippen LogP contribution < -0.4 is 9.47 Å². The third-order valence-electron chi connectivity index (χ3n) is 6.01. The maximum absolute atomic E-state index is 12.9. The van der Waals surface area contributed by atoms with Crippen LogP contribution in [0, 0.1) is 0 Å². The van der Waals surface area contributed by atoms with Gasteiger partial charge in [0.2, 0.25) is 0 Å². The van der Waals surface area contributed by atoms with Gasteiger partial charge in [-0.25, -0.2) is 9.59 Å². The summed E-state index contributed by atoms with van der Waals surface area (Å²) in [5.41, 5.74) is 1.73. The molecule has 1 atom stereocenters. The Bertz CT molecular complexity index is 1200. The monoisotopic (exact) mass is 603 g/mol. The fourth-order valence-electron chi connectivity index (χ4n) is 3.94. The molecule has 3 aromatic carbocycles. The minimum Gasteiger partial charge on any atom is -0.493 e. The Hall–Kier alpha value is -3.46. The summed E-state index contributed by atoms with van der Waals surface area (Å²) in [6, 6.07) is 21.7. The quantitative estimate of drug-likeness (QED) is 0.168. The third kappa shape index (κ3) is 11.9. The third-order valence-corrected chi connectivity index (χ3v) is 6.44. The Morgan fingerprint density at radius 3 is 2.17 bits per heavy atom. The van der Waals surface area contributed by atoms with Crippen LogP contribution in [0.15, 0.2) is 72.8 Å². The normalized spacial score (nSPS) is 11.5. The number of benzene rings is 3. The molecule has 0 saturated carbocycles. The number of carbonyl (C=O) groups is 2. The molecule has 1 unspecified atom stereocenters. The summed E-state index contributed by atoms with van der Waals surface area (Å²) in [6.07, 6.45) is 0.336. The first-order valence-corrected chi connectivity index (χ1v) is 14.2. The summed E-state index contributed by atoms with van der Waals surface area (Å²) in [7, 11) is 0. The number of rotatable bonds is 17. The molecule has 0 saturated heterocycles. The SMILES string of the molecule is CCOC(Cc1ccc(OCCN(CCCCOc2cc(Cl)cc(Cl)c2)C(=O)OCc2ccccc2)cc1)C(=O)O. The van der Waals surface area contributed by atoms with Crippen LogP contribution in [0.1, 0.15) is 30.9 Å². The number of hydrogen-bond donors (Lipinski definition) is 1. The lowest BCUT2D eigenvalue weighted by Crippen LogP contribution is -2.36. The van der Waals surface area contributed by atoms with Gasteiger partial charge in [-0.15, -0.1) is 0 Å². The number of unbranched alkanes of at least 4 members (excludes halogenated alkanes) is 1. The van der Waals surface area contributed by atoms with Gasteiger partial charge in [0, 0.05) is 29.6 Å². The van der Waals surface area contributed by atoms with Gasteiger partial charge in [0.05, 0.1) is 13.2 Å². The van der Waals surface area contributed by atoms with E-state index in [1.54, 1.807) is 42.2 Å². The Balaban J connectivity index is 1.49. The molecular formula is C31H35Cl2NO7. The predicted molar refractivity (Wildman–Crippen MR) is 158 cm³/mol. The van der Waals surface area contributed by atoms with Crippen molar-refractivity contribution in [3.63, 3.8) is 0 Å². The average Bonchev–Trinajstić information content (AvgIpc) is 2.95. The van der Waals surface area contributed by atoms with E-state index in [9.17, 15) is 14.7 Å². The van der Waals surface area contributed by atoms with E-state index in [0.29, 0.717) is 60.7 Å². The summed E-state index contributed by atoms with van der Waals surface area (Å²) in [6.45, 7) is 3.75. The topological polar surface area (TPSA) is 94.5 Å². The molecule has 0 aliphatic carbocycles. The maximum atomic E-state index is 12.9. The van der Waals surface area contributed by atoms with Crippen molar-refractivity contribution < 1.29 is 33.6 Å². The van der Waals surface area contributed by atoms with Gasteiger partial charge in [0.15, 0.2) is 6.10 Å². The van der Waals surface area contributed by atoms with Gasteiger partial charge in [-0.1, -0.05) is 65.7 Å². The van der Waals surface area contributed by atoms with E-state index in [-0.39, 0.29) is 19.6 Å². The van der Waals surface area contributed by atoms with E-state index in [0.717, 1.165) is 11.1 Å². The number of carboxylic acid groups (broad SMARTS) is 1. The van der Waals surface area contributed by atoms with Crippen LogP contribution in [-0.2, 0) is 27.3 Å². The Kier molecular flexibility index (Phi) is 13.6. The number of aliphatic carboxylic acids is 1. The number of carbonyl (C=O) groups excluding carboxylic acids is 1. The molecule has 220 valence electrons. The first-order chi connectivity index (χ1) is 19.8. The highest BCUT2D eigenvalue weighted by atomic mass is 35.5. The first-order valence-electron chi connectivity index (χ1n) is 13.4. The van der Waals surface area contributed by atoms with Crippen molar-refractivity contribution in [2.24, 2.45) is 0 Å². The Labute approximate surface area is 250 Å². The van der Waals surface area contributed by atoms with Crippen LogP contribution in [0.5, 0.6) is 11.5 Å². The molecule has 8 nitrogen and oxygen atoms in total. The first kappa shape index (κ1) is 32.1. The summed E-state index contributed by atoms with van der Waals surface area (Å²) < 4.78 is 22.4. The number of ether oxygens (including phenoxy) is 4. The molecule has 0 fully saturated rings. The molecule has 0 spiro atoms. The van der Waals surface area contributed by atoms with Crippen molar-refractivity contribution in [2.75, 3.05) is 32.9 Å². The highest BCUT2D eigenvalue weighted by molar-refractivity contribution is 6.34. The van der Waals surface area contributed by atoms with E-state index in [1.807, 2.05) is 42.5 Å². The zero-order valence-corrected chi connectivity index (χ0v) is 24.5. The summed E-state index contributed by atoms with van der Waals surface area (Å²) in [5, 5.41) is 10.3. The van der Waals surface area contributed by atoms with Crippen molar-refractivity contribution in [1.82, 2.24) is 4.90 Å². The molecule has 0 bridgehead atoms. The van der Waals surface area contributed by atoms with Gasteiger partial charge < -0.3 is 29.0 Å². The molecule has 10 heteroatoms. The minimum atomic E-state index is -0.994. The summed E-state index contributed by atoms with van der Waals surface area (Å²) in [5.74, 6) is 0.215. The Morgan fingerprint density at radius 1 is 0.829 bits per heavy atom. The summed E-state index contributed by atoms with van der Waals surface area (Å²) >= 11 is 12.0. The van der Waals surface area contributed by atoms with Gasteiger partial charge in [0.25, 0.3) is 0 Å². The zero-order valence-electron chi connectivity index (χ0n) is 23.0. The second-order valence-electron chi connectivity index (χ2n) is 9.17. The van der Waals surface area contributed by atoms with Gasteiger partial charge in [-0.2, -0.15) is 0 Å². The predicted octanol–water partition coefficient (Wildman–Crippen LogP) is 6.90. The van der Waals surface area contributed by atoms with E-state index in [2.05, 4.69) is 0 Å².